The van der Waals surface area contributed by atoms with Crippen LogP contribution < -0.4 is 5.56 Å². The molecule has 0 radical (unpaired) electrons. The predicted octanol–water partition coefficient (Wildman–Crippen LogP) is 1.42. The lowest BCUT2D eigenvalue weighted by Gasteiger charge is -2.39. The molecule has 1 saturated heterocycles. The van der Waals surface area contributed by atoms with Crippen molar-refractivity contribution in [3.05, 3.63) is 34.2 Å². The van der Waals surface area contributed by atoms with Gasteiger partial charge < -0.3 is 4.57 Å². The van der Waals surface area contributed by atoms with Gasteiger partial charge in [0.2, 0.25) is 0 Å². The van der Waals surface area contributed by atoms with Crippen LogP contribution >= 0.6 is 11.8 Å². The average molecular weight is 225 g/mol. The number of halogens is 1. The van der Waals surface area contributed by atoms with Crippen LogP contribution in [0.25, 0.3) is 0 Å². The Balaban J connectivity index is 2.10. The Labute approximate surface area is 93.4 Å². The van der Waals surface area contributed by atoms with Crippen molar-refractivity contribution in [1.29, 1.82) is 0 Å². The molecule has 2 atom stereocenters. The second kappa shape index (κ2) is 3.35. The molecule has 1 aromatic rings. The Hall–Kier alpha value is -0.800. The van der Waals surface area contributed by atoms with Gasteiger partial charge in [0.25, 0.3) is 5.56 Å². The fourth-order valence-corrected chi connectivity index (χ4v) is 3.20. The van der Waals surface area contributed by atoms with Crippen LogP contribution in [0, 0.1) is 5.92 Å². The molecule has 0 spiro atoms. The van der Waals surface area contributed by atoms with E-state index in [1.54, 1.807) is 6.07 Å². The average Bonchev–Trinajstić information content (AvgIpc) is 2.19. The quantitative estimate of drug-likeness (QED) is 0.623. The van der Waals surface area contributed by atoms with Crippen LogP contribution in [0.3, 0.4) is 0 Å². The van der Waals surface area contributed by atoms with Gasteiger partial charge >= 0.3 is 0 Å². The van der Waals surface area contributed by atoms with Gasteiger partial charge in [-0.05, 0) is 30.2 Å². The van der Waals surface area contributed by atoms with E-state index in [-0.39, 0.29) is 5.56 Å². The SMILES string of the molecule is O=c1cccc2n1C[C@H]1C[C@@H]2CN(Cl)C1. The molecule has 4 heteroatoms. The van der Waals surface area contributed by atoms with Gasteiger partial charge in [-0.2, -0.15) is 0 Å². The van der Waals surface area contributed by atoms with E-state index in [2.05, 4.69) is 6.07 Å². The molecule has 2 aliphatic rings. The molecular formula is C11H13ClN2O. The minimum atomic E-state index is 0.130. The number of nitrogens with zero attached hydrogens (tertiary/aromatic N) is 2. The van der Waals surface area contributed by atoms with Crippen molar-refractivity contribution in [2.75, 3.05) is 13.1 Å². The molecule has 15 heavy (non-hydrogen) atoms. The number of pyridine rings is 1. The molecule has 1 fully saturated rings. The van der Waals surface area contributed by atoms with E-state index in [0.29, 0.717) is 11.8 Å². The molecule has 0 saturated carbocycles. The van der Waals surface area contributed by atoms with Crippen molar-refractivity contribution < 1.29 is 0 Å². The third-order valence-corrected chi connectivity index (χ3v) is 3.71. The standard InChI is InChI=1S/C11H13ClN2O/c12-13-5-8-4-9(7-13)10-2-1-3-11(15)14(10)6-8/h1-3,8-9H,4-7H2/t8-,9+/m0/s1. The summed E-state index contributed by atoms with van der Waals surface area (Å²) in [6.45, 7) is 2.59. The fourth-order valence-electron chi connectivity index (χ4n) is 2.84. The lowest BCUT2D eigenvalue weighted by atomic mass is 9.84. The first-order chi connectivity index (χ1) is 7.24. The molecule has 3 nitrogen and oxygen atoms in total. The number of rotatable bonds is 0. The summed E-state index contributed by atoms with van der Waals surface area (Å²) in [5, 5.41) is 0. The lowest BCUT2D eigenvalue weighted by molar-refractivity contribution is 0.191. The second-order valence-corrected chi connectivity index (χ2v) is 5.00. The van der Waals surface area contributed by atoms with Crippen molar-refractivity contribution in [1.82, 2.24) is 8.99 Å². The summed E-state index contributed by atoms with van der Waals surface area (Å²) in [7, 11) is 0. The first kappa shape index (κ1) is 9.43. The molecule has 2 aliphatic heterocycles. The minimum Gasteiger partial charge on any atom is -0.312 e. The highest BCUT2D eigenvalue weighted by Crippen LogP contribution is 2.35. The zero-order valence-electron chi connectivity index (χ0n) is 8.40. The Morgan fingerprint density at radius 3 is 3.00 bits per heavy atom. The van der Waals surface area contributed by atoms with Crippen LogP contribution in [0.1, 0.15) is 18.0 Å². The molecule has 2 bridgehead atoms. The summed E-state index contributed by atoms with van der Waals surface area (Å²) in [5.74, 6) is 0.970. The third kappa shape index (κ3) is 1.50. The van der Waals surface area contributed by atoms with Crippen LogP contribution in [0.15, 0.2) is 23.0 Å². The molecule has 0 unspecified atom stereocenters. The van der Waals surface area contributed by atoms with Crippen LogP contribution in [-0.2, 0) is 6.54 Å². The maximum atomic E-state index is 11.7. The summed E-state index contributed by atoms with van der Waals surface area (Å²) in [4.78, 5) is 11.7. The number of aromatic nitrogens is 1. The normalized spacial score (nSPS) is 29.9. The highest BCUT2D eigenvalue weighted by molar-refractivity contribution is 6.13. The molecule has 0 aromatic carbocycles. The van der Waals surface area contributed by atoms with Crippen molar-refractivity contribution in [2.45, 2.75) is 18.9 Å². The van der Waals surface area contributed by atoms with Gasteiger partial charge in [0.15, 0.2) is 0 Å². The summed E-state index contributed by atoms with van der Waals surface area (Å²) in [6.07, 6.45) is 1.17. The van der Waals surface area contributed by atoms with Crippen LogP contribution in [0.4, 0.5) is 0 Å². The van der Waals surface area contributed by atoms with E-state index < -0.39 is 0 Å². The van der Waals surface area contributed by atoms with Gasteiger partial charge in [-0.25, -0.2) is 4.42 Å². The number of piperidine rings is 1. The second-order valence-electron chi connectivity index (χ2n) is 4.53. The first-order valence-corrected chi connectivity index (χ1v) is 5.68. The number of hydrogen-bond donors (Lipinski definition) is 0. The topological polar surface area (TPSA) is 25.2 Å². The van der Waals surface area contributed by atoms with E-state index >= 15 is 0 Å². The summed E-state index contributed by atoms with van der Waals surface area (Å²) >= 11 is 6.07. The van der Waals surface area contributed by atoms with Gasteiger partial charge in [-0.3, -0.25) is 4.79 Å². The molecule has 0 amide bonds. The molecule has 3 rings (SSSR count). The van der Waals surface area contributed by atoms with E-state index in [1.165, 1.54) is 6.42 Å². The third-order valence-electron chi connectivity index (χ3n) is 3.44. The zero-order valence-corrected chi connectivity index (χ0v) is 9.15. The van der Waals surface area contributed by atoms with Gasteiger partial charge in [-0.1, -0.05) is 6.07 Å². The number of fused-ring (bicyclic) bond motifs is 4. The maximum Gasteiger partial charge on any atom is 0.250 e. The van der Waals surface area contributed by atoms with Crippen LogP contribution in [-0.4, -0.2) is 22.1 Å². The van der Waals surface area contributed by atoms with E-state index in [1.807, 2.05) is 15.1 Å². The summed E-state index contributed by atoms with van der Waals surface area (Å²) in [5.41, 5.74) is 1.29. The molecular weight excluding hydrogens is 212 g/mol. The first-order valence-electron chi connectivity index (χ1n) is 5.34. The Morgan fingerprint density at radius 2 is 2.13 bits per heavy atom. The van der Waals surface area contributed by atoms with Crippen molar-refractivity contribution in [3.8, 4) is 0 Å². The lowest BCUT2D eigenvalue weighted by Crippen LogP contribution is -2.43. The molecule has 3 heterocycles. The van der Waals surface area contributed by atoms with Gasteiger partial charge in [0.05, 0.1) is 0 Å². The smallest absolute Gasteiger partial charge is 0.250 e. The Morgan fingerprint density at radius 1 is 1.27 bits per heavy atom. The molecule has 80 valence electrons. The molecule has 0 N–H and O–H groups in total. The van der Waals surface area contributed by atoms with Crippen LogP contribution in [0.5, 0.6) is 0 Å². The Bertz CT molecular complexity index is 442. The fraction of sp³-hybridized carbons (Fsp3) is 0.545. The van der Waals surface area contributed by atoms with E-state index in [9.17, 15) is 4.79 Å². The highest BCUT2D eigenvalue weighted by Gasteiger charge is 2.33. The summed E-state index contributed by atoms with van der Waals surface area (Å²) in [6, 6.07) is 5.54. The zero-order chi connectivity index (χ0) is 10.4. The van der Waals surface area contributed by atoms with E-state index in [4.69, 9.17) is 11.8 Å². The van der Waals surface area contributed by atoms with Crippen molar-refractivity contribution in [3.63, 3.8) is 0 Å². The maximum absolute atomic E-state index is 11.7. The van der Waals surface area contributed by atoms with E-state index in [0.717, 1.165) is 25.3 Å². The van der Waals surface area contributed by atoms with Crippen LogP contribution in [0.2, 0.25) is 0 Å². The monoisotopic (exact) mass is 224 g/mol. The largest absolute Gasteiger partial charge is 0.312 e. The van der Waals surface area contributed by atoms with Crippen molar-refractivity contribution >= 4 is 11.8 Å². The Kier molecular flexibility index (Phi) is 2.11. The molecule has 1 aromatic heterocycles. The summed E-state index contributed by atoms with van der Waals surface area (Å²) < 4.78 is 3.78. The van der Waals surface area contributed by atoms with Crippen molar-refractivity contribution in [2.24, 2.45) is 5.92 Å². The number of hydrogen-bond acceptors (Lipinski definition) is 2. The predicted molar refractivity (Wildman–Crippen MR) is 59.0 cm³/mol. The van der Waals surface area contributed by atoms with Gasteiger partial charge in [-0.15, -0.1) is 0 Å². The minimum absolute atomic E-state index is 0.130. The van der Waals surface area contributed by atoms with Gasteiger partial charge in [0.1, 0.15) is 0 Å². The highest BCUT2D eigenvalue weighted by atomic mass is 35.5. The van der Waals surface area contributed by atoms with Gasteiger partial charge in [0, 0.05) is 37.3 Å². The molecule has 0 aliphatic carbocycles.